The summed E-state index contributed by atoms with van der Waals surface area (Å²) in [6.45, 7) is 8.93. The lowest BCUT2D eigenvalue weighted by Gasteiger charge is -2.05. The van der Waals surface area contributed by atoms with Gasteiger partial charge in [-0.25, -0.2) is 4.68 Å². The van der Waals surface area contributed by atoms with Crippen molar-refractivity contribution < 1.29 is 0 Å². The molecule has 0 saturated heterocycles. The smallest absolute Gasteiger partial charge is 0.209 e. The van der Waals surface area contributed by atoms with Crippen LogP contribution in [0.2, 0.25) is 0 Å². The van der Waals surface area contributed by atoms with Crippen LogP contribution in [-0.4, -0.2) is 43.1 Å². The van der Waals surface area contributed by atoms with E-state index in [2.05, 4.69) is 46.7 Å². The van der Waals surface area contributed by atoms with Gasteiger partial charge in [0.15, 0.2) is 0 Å². The third-order valence-corrected chi connectivity index (χ3v) is 3.78. The van der Waals surface area contributed by atoms with Crippen molar-refractivity contribution in [1.82, 2.24) is 35.3 Å². The maximum Gasteiger partial charge on any atom is 0.209 e. The highest BCUT2D eigenvalue weighted by Gasteiger charge is 2.08. The summed E-state index contributed by atoms with van der Waals surface area (Å²) >= 11 is 1.61. The minimum absolute atomic E-state index is 0.388. The number of aromatic nitrogens is 6. The van der Waals surface area contributed by atoms with E-state index < -0.39 is 0 Å². The van der Waals surface area contributed by atoms with E-state index in [1.165, 1.54) is 0 Å². The van der Waals surface area contributed by atoms with E-state index in [1.54, 1.807) is 11.8 Å². The molecular formula is C12H21N7S. The number of hydrogen-bond donors (Lipinski definition) is 1. The molecule has 0 aliphatic carbocycles. The normalized spacial score (nSPS) is 11.4. The summed E-state index contributed by atoms with van der Waals surface area (Å²) in [5, 5.41) is 20.4. The second kappa shape index (κ2) is 7.39. The largest absolute Gasteiger partial charge is 0.315 e. The highest BCUT2D eigenvalue weighted by Crippen LogP contribution is 2.19. The van der Waals surface area contributed by atoms with Gasteiger partial charge >= 0.3 is 0 Å². The van der Waals surface area contributed by atoms with Crippen molar-refractivity contribution in [2.75, 3.05) is 13.1 Å². The van der Waals surface area contributed by atoms with Crippen molar-refractivity contribution in [3.05, 3.63) is 18.0 Å². The highest BCUT2D eigenvalue weighted by atomic mass is 32.2. The highest BCUT2D eigenvalue weighted by molar-refractivity contribution is 7.98. The molecule has 0 bridgehead atoms. The Hall–Kier alpha value is -1.41. The fourth-order valence-electron chi connectivity index (χ4n) is 1.68. The molecule has 2 rings (SSSR count). The second-order valence-electron chi connectivity index (χ2n) is 4.71. The Kier molecular flexibility index (Phi) is 5.54. The van der Waals surface area contributed by atoms with Gasteiger partial charge < -0.3 is 5.32 Å². The van der Waals surface area contributed by atoms with Crippen molar-refractivity contribution >= 4 is 11.8 Å². The van der Waals surface area contributed by atoms with Gasteiger partial charge in [-0.2, -0.15) is 5.10 Å². The third kappa shape index (κ3) is 4.04. The van der Waals surface area contributed by atoms with Crippen LogP contribution in [0.3, 0.4) is 0 Å². The SMILES string of the molecule is CCNCCn1nnnc1SCc1ccn(C(C)C)n1. The van der Waals surface area contributed by atoms with Gasteiger partial charge in [-0.1, -0.05) is 18.7 Å². The average Bonchev–Trinajstić information content (AvgIpc) is 3.05. The van der Waals surface area contributed by atoms with E-state index >= 15 is 0 Å². The van der Waals surface area contributed by atoms with E-state index in [-0.39, 0.29) is 0 Å². The lowest BCUT2D eigenvalue weighted by Crippen LogP contribution is -2.20. The zero-order chi connectivity index (χ0) is 14.4. The molecule has 1 N–H and O–H groups in total. The topological polar surface area (TPSA) is 73.5 Å². The molecule has 2 heterocycles. The molecule has 0 radical (unpaired) electrons. The number of nitrogens with zero attached hydrogens (tertiary/aromatic N) is 6. The molecule has 7 nitrogen and oxygen atoms in total. The molecule has 0 aromatic carbocycles. The van der Waals surface area contributed by atoms with Crippen molar-refractivity contribution in [2.24, 2.45) is 0 Å². The minimum Gasteiger partial charge on any atom is -0.315 e. The molecule has 0 aliphatic heterocycles. The summed E-state index contributed by atoms with van der Waals surface area (Å²) in [4.78, 5) is 0. The third-order valence-electron chi connectivity index (χ3n) is 2.79. The Balaban J connectivity index is 1.88. The first-order valence-electron chi connectivity index (χ1n) is 6.84. The van der Waals surface area contributed by atoms with Crippen LogP contribution >= 0.6 is 11.8 Å². The van der Waals surface area contributed by atoms with Crippen LogP contribution in [0.4, 0.5) is 0 Å². The molecule has 0 aliphatic rings. The summed E-state index contributed by atoms with van der Waals surface area (Å²) in [7, 11) is 0. The Morgan fingerprint density at radius 1 is 1.40 bits per heavy atom. The fourth-order valence-corrected chi connectivity index (χ4v) is 2.48. The predicted octanol–water partition coefficient (Wildman–Crippen LogP) is 1.35. The minimum atomic E-state index is 0.388. The molecule has 2 aromatic heterocycles. The molecule has 0 atom stereocenters. The summed E-state index contributed by atoms with van der Waals surface area (Å²) < 4.78 is 3.79. The summed E-state index contributed by atoms with van der Waals surface area (Å²) in [5.41, 5.74) is 1.05. The molecular weight excluding hydrogens is 274 g/mol. The van der Waals surface area contributed by atoms with Crippen molar-refractivity contribution in [2.45, 2.75) is 44.3 Å². The molecule has 0 saturated carbocycles. The van der Waals surface area contributed by atoms with Crippen molar-refractivity contribution in [3.8, 4) is 0 Å². The van der Waals surface area contributed by atoms with Crippen LogP contribution < -0.4 is 5.32 Å². The standard InChI is InChI=1S/C12H21N7S/c1-4-13-6-8-19-12(14-16-17-19)20-9-11-5-7-18(15-11)10(2)3/h5,7,10,13H,4,6,8-9H2,1-3H3. The molecule has 8 heteroatoms. The van der Waals surface area contributed by atoms with Gasteiger partial charge in [0.1, 0.15) is 0 Å². The molecule has 0 spiro atoms. The molecule has 20 heavy (non-hydrogen) atoms. The Bertz CT molecular complexity index is 519. The Morgan fingerprint density at radius 2 is 2.25 bits per heavy atom. The van der Waals surface area contributed by atoms with E-state index in [4.69, 9.17) is 0 Å². The van der Waals surface area contributed by atoms with E-state index in [9.17, 15) is 0 Å². The Labute approximate surface area is 123 Å². The summed E-state index contributed by atoms with van der Waals surface area (Å²) in [5.74, 6) is 0.779. The van der Waals surface area contributed by atoms with Crippen LogP contribution in [0.5, 0.6) is 0 Å². The van der Waals surface area contributed by atoms with E-state index in [1.807, 2.05) is 21.6 Å². The van der Waals surface area contributed by atoms with Crippen LogP contribution in [-0.2, 0) is 12.3 Å². The van der Waals surface area contributed by atoms with Crippen LogP contribution in [0, 0.1) is 0 Å². The quantitative estimate of drug-likeness (QED) is 0.585. The van der Waals surface area contributed by atoms with Crippen LogP contribution in [0.15, 0.2) is 17.4 Å². The van der Waals surface area contributed by atoms with Crippen molar-refractivity contribution in [1.29, 1.82) is 0 Å². The van der Waals surface area contributed by atoms with Crippen molar-refractivity contribution in [3.63, 3.8) is 0 Å². The van der Waals surface area contributed by atoms with E-state index in [0.29, 0.717) is 6.04 Å². The first-order chi connectivity index (χ1) is 9.70. The lowest BCUT2D eigenvalue weighted by atomic mass is 10.4. The molecule has 0 amide bonds. The predicted molar refractivity (Wildman–Crippen MR) is 78.5 cm³/mol. The first-order valence-corrected chi connectivity index (χ1v) is 7.83. The van der Waals surface area contributed by atoms with Gasteiger partial charge in [0.25, 0.3) is 0 Å². The monoisotopic (exact) mass is 295 g/mol. The number of rotatable bonds is 8. The average molecular weight is 295 g/mol. The lowest BCUT2D eigenvalue weighted by molar-refractivity contribution is 0.517. The molecule has 2 aromatic rings. The maximum atomic E-state index is 4.52. The van der Waals surface area contributed by atoms with Gasteiger partial charge in [-0.05, 0) is 36.9 Å². The number of tetrazole rings is 1. The second-order valence-corrected chi connectivity index (χ2v) is 5.65. The van der Waals surface area contributed by atoms with Gasteiger partial charge in [-0.3, -0.25) is 4.68 Å². The van der Waals surface area contributed by atoms with Gasteiger partial charge in [0.05, 0.1) is 12.2 Å². The number of thioether (sulfide) groups is 1. The first kappa shape index (κ1) is 15.0. The van der Waals surface area contributed by atoms with Crippen LogP contribution in [0.1, 0.15) is 32.5 Å². The maximum absolute atomic E-state index is 4.52. The summed E-state index contributed by atoms with van der Waals surface area (Å²) in [6.07, 6.45) is 2.01. The zero-order valence-electron chi connectivity index (χ0n) is 12.2. The fraction of sp³-hybridized carbons (Fsp3) is 0.667. The number of hydrogen-bond acceptors (Lipinski definition) is 6. The molecule has 110 valence electrons. The van der Waals surface area contributed by atoms with E-state index in [0.717, 1.165) is 36.2 Å². The molecule has 0 unspecified atom stereocenters. The van der Waals surface area contributed by atoms with Gasteiger partial charge in [0, 0.05) is 24.5 Å². The van der Waals surface area contributed by atoms with Crippen LogP contribution in [0.25, 0.3) is 0 Å². The van der Waals surface area contributed by atoms with Gasteiger partial charge in [-0.15, -0.1) is 5.10 Å². The summed E-state index contributed by atoms with van der Waals surface area (Å²) in [6, 6.07) is 2.43. The zero-order valence-corrected chi connectivity index (χ0v) is 13.0. The Morgan fingerprint density at radius 3 is 2.95 bits per heavy atom. The molecule has 0 fully saturated rings. The number of likely N-dealkylation sites (N-methyl/N-ethyl adjacent to an activating group) is 1. The number of nitrogens with one attached hydrogen (secondary N) is 1. The van der Waals surface area contributed by atoms with Gasteiger partial charge in [0.2, 0.25) is 5.16 Å².